The molecular weight excluding hydrogens is 377 g/mol. The lowest BCUT2D eigenvalue weighted by Crippen LogP contribution is -2.49. The van der Waals surface area contributed by atoms with Gasteiger partial charge in [-0.15, -0.1) is 15.8 Å². The second-order valence-electron chi connectivity index (χ2n) is 7.15. The van der Waals surface area contributed by atoms with E-state index < -0.39 is 0 Å². The Morgan fingerprint density at radius 2 is 1.64 bits per heavy atom. The standard InChI is InChI=1S/C20H23BBrNO2/c1-20(2,3)19-12-14-8-6-7-9-16(14)21(22)23(19)15-10-11-17(24-4)18(13-15)25-5/h6-13H,1-5H3. The molecule has 1 aliphatic heterocycles. The molecule has 2 aromatic rings. The molecule has 0 spiro atoms. The minimum Gasteiger partial charge on any atom is -0.493 e. The molecule has 0 unspecified atom stereocenters. The lowest BCUT2D eigenvalue weighted by atomic mass is 9.69. The number of anilines is 1. The predicted molar refractivity (Wildman–Crippen MR) is 110 cm³/mol. The number of benzene rings is 2. The molecule has 0 aromatic heterocycles. The number of methoxy groups -OCH3 is 2. The van der Waals surface area contributed by atoms with Gasteiger partial charge in [-0.1, -0.05) is 45.0 Å². The number of allylic oxidation sites excluding steroid dienone is 1. The molecule has 0 aliphatic carbocycles. The van der Waals surface area contributed by atoms with E-state index in [0.29, 0.717) is 0 Å². The van der Waals surface area contributed by atoms with E-state index in [1.807, 2.05) is 12.1 Å². The first-order valence-electron chi connectivity index (χ1n) is 8.33. The van der Waals surface area contributed by atoms with Gasteiger partial charge in [0, 0.05) is 22.9 Å². The summed E-state index contributed by atoms with van der Waals surface area (Å²) in [6.07, 6.45) is 2.28. The normalized spacial score (nSPS) is 14.1. The Hall–Kier alpha value is -1.88. The molecule has 1 aliphatic rings. The van der Waals surface area contributed by atoms with E-state index in [1.165, 1.54) is 16.7 Å². The van der Waals surface area contributed by atoms with Crippen LogP contribution in [0, 0.1) is 5.41 Å². The number of halogens is 1. The zero-order chi connectivity index (χ0) is 18.2. The number of fused-ring (bicyclic) bond motifs is 1. The summed E-state index contributed by atoms with van der Waals surface area (Å²) in [6, 6.07) is 14.6. The van der Waals surface area contributed by atoms with Gasteiger partial charge in [-0.2, -0.15) is 0 Å². The average Bonchev–Trinajstić information content (AvgIpc) is 2.60. The highest BCUT2D eigenvalue weighted by molar-refractivity contribution is 9.25. The van der Waals surface area contributed by atoms with Gasteiger partial charge >= 0.3 is 5.67 Å². The molecule has 0 fully saturated rings. The molecule has 0 atom stereocenters. The van der Waals surface area contributed by atoms with Crippen LogP contribution in [0.5, 0.6) is 11.5 Å². The Kier molecular flexibility index (Phi) is 4.87. The highest BCUT2D eigenvalue weighted by Gasteiger charge is 2.36. The van der Waals surface area contributed by atoms with Gasteiger partial charge in [-0.3, -0.25) is 0 Å². The molecule has 0 amide bonds. The van der Waals surface area contributed by atoms with Crippen LogP contribution in [0.3, 0.4) is 0 Å². The number of ether oxygens (including phenoxy) is 2. The van der Waals surface area contributed by atoms with Crippen molar-refractivity contribution < 1.29 is 9.47 Å². The van der Waals surface area contributed by atoms with E-state index in [-0.39, 0.29) is 11.1 Å². The lowest BCUT2D eigenvalue weighted by Gasteiger charge is -2.41. The second-order valence-corrected chi connectivity index (χ2v) is 8.02. The summed E-state index contributed by atoms with van der Waals surface area (Å²) in [6.45, 7) is 6.71. The maximum Gasteiger partial charge on any atom is 0.372 e. The molecule has 5 heteroatoms. The van der Waals surface area contributed by atoms with Crippen LogP contribution >= 0.6 is 15.8 Å². The van der Waals surface area contributed by atoms with E-state index in [1.54, 1.807) is 14.2 Å². The minimum atomic E-state index is -0.00723. The largest absolute Gasteiger partial charge is 0.493 e. The lowest BCUT2D eigenvalue weighted by molar-refractivity contribution is 0.355. The third kappa shape index (κ3) is 3.30. The molecule has 0 radical (unpaired) electrons. The van der Waals surface area contributed by atoms with Crippen molar-refractivity contribution in [1.29, 1.82) is 0 Å². The zero-order valence-electron chi connectivity index (χ0n) is 15.3. The number of hydrogen-bond acceptors (Lipinski definition) is 3. The second kappa shape index (κ2) is 6.79. The number of hydrogen-bond donors (Lipinski definition) is 0. The Morgan fingerprint density at radius 1 is 0.960 bits per heavy atom. The molecule has 130 valence electrons. The van der Waals surface area contributed by atoms with Crippen LogP contribution in [-0.2, 0) is 0 Å². The monoisotopic (exact) mass is 399 g/mol. The fraction of sp³-hybridized carbons (Fsp3) is 0.300. The van der Waals surface area contributed by atoms with Crippen molar-refractivity contribution in [1.82, 2.24) is 0 Å². The Morgan fingerprint density at radius 3 is 2.28 bits per heavy atom. The van der Waals surface area contributed by atoms with Gasteiger partial charge in [-0.05, 0) is 29.2 Å². The van der Waals surface area contributed by atoms with Crippen molar-refractivity contribution in [2.75, 3.05) is 19.0 Å². The molecule has 3 rings (SSSR count). The predicted octanol–water partition coefficient (Wildman–Crippen LogP) is 4.70. The number of nitrogens with zero attached hydrogens (tertiary/aromatic N) is 1. The van der Waals surface area contributed by atoms with Crippen LogP contribution in [0.15, 0.2) is 48.2 Å². The van der Waals surface area contributed by atoms with Gasteiger partial charge < -0.3 is 14.3 Å². The van der Waals surface area contributed by atoms with Crippen LogP contribution in [0.1, 0.15) is 26.3 Å². The summed E-state index contributed by atoms with van der Waals surface area (Å²) >= 11 is 3.92. The first-order valence-corrected chi connectivity index (χ1v) is 9.25. The van der Waals surface area contributed by atoms with E-state index in [9.17, 15) is 0 Å². The quantitative estimate of drug-likeness (QED) is 0.698. The molecular formula is C20H23BBrNO2. The first kappa shape index (κ1) is 17.9. The number of rotatable bonds is 3. The molecule has 0 N–H and O–H groups in total. The summed E-state index contributed by atoms with van der Waals surface area (Å²) in [5, 5.41) is 0. The van der Waals surface area contributed by atoms with Crippen LogP contribution in [0.25, 0.3) is 6.08 Å². The highest BCUT2D eigenvalue weighted by Crippen LogP contribution is 2.40. The molecule has 0 bridgehead atoms. The fourth-order valence-electron chi connectivity index (χ4n) is 3.16. The van der Waals surface area contributed by atoms with Crippen LogP contribution in [0.2, 0.25) is 0 Å². The first-order chi connectivity index (χ1) is 11.9. The van der Waals surface area contributed by atoms with Gasteiger partial charge in [-0.25, -0.2) is 0 Å². The third-order valence-electron chi connectivity index (χ3n) is 4.44. The molecule has 2 aromatic carbocycles. The smallest absolute Gasteiger partial charge is 0.372 e. The van der Waals surface area contributed by atoms with Gasteiger partial charge in [0.2, 0.25) is 0 Å². The van der Waals surface area contributed by atoms with Crippen molar-refractivity contribution in [3.63, 3.8) is 0 Å². The molecule has 3 nitrogen and oxygen atoms in total. The summed E-state index contributed by atoms with van der Waals surface area (Å²) in [5.74, 6) is 1.46. The summed E-state index contributed by atoms with van der Waals surface area (Å²) in [5.41, 5.74) is 4.88. The third-order valence-corrected chi connectivity index (χ3v) is 5.35. The topological polar surface area (TPSA) is 21.7 Å². The average molecular weight is 400 g/mol. The molecule has 0 saturated carbocycles. The molecule has 25 heavy (non-hydrogen) atoms. The Labute approximate surface area is 158 Å². The van der Waals surface area contributed by atoms with Gasteiger partial charge in [0.15, 0.2) is 11.5 Å². The minimum absolute atomic E-state index is 0.00723. The maximum absolute atomic E-state index is 5.51. The van der Waals surface area contributed by atoms with Crippen molar-refractivity contribution in [3.8, 4) is 11.5 Å². The van der Waals surface area contributed by atoms with E-state index in [2.05, 4.69) is 77.7 Å². The van der Waals surface area contributed by atoms with Crippen LogP contribution in [0.4, 0.5) is 5.69 Å². The summed E-state index contributed by atoms with van der Waals surface area (Å²) in [4.78, 5) is 2.32. The molecule has 1 heterocycles. The Bertz CT molecular complexity index is 814. The molecule has 0 saturated heterocycles. The van der Waals surface area contributed by atoms with Gasteiger partial charge in [0.05, 0.1) is 14.2 Å². The van der Waals surface area contributed by atoms with Gasteiger partial charge in [0.1, 0.15) is 0 Å². The van der Waals surface area contributed by atoms with E-state index >= 15 is 0 Å². The summed E-state index contributed by atoms with van der Waals surface area (Å²) in [7, 11) is 3.32. The fourth-order valence-corrected chi connectivity index (χ4v) is 4.03. The zero-order valence-corrected chi connectivity index (χ0v) is 16.9. The van der Waals surface area contributed by atoms with E-state index in [4.69, 9.17) is 9.47 Å². The Balaban J connectivity index is 2.17. The van der Waals surface area contributed by atoms with Crippen molar-refractivity contribution in [3.05, 3.63) is 53.7 Å². The SMILES string of the molecule is COc1ccc(N2B(Br)c3ccccc3C=C2C(C)(C)C)cc1OC. The highest BCUT2D eigenvalue weighted by atomic mass is 79.9. The van der Waals surface area contributed by atoms with Crippen molar-refractivity contribution >= 4 is 38.7 Å². The van der Waals surface area contributed by atoms with Crippen LogP contribution < -0.4 is 19.7 Å². The van der Waals surface area contributed by atoms with Crippen molar-refractivity contribution in [2.45, 2.75) is 20.8 Å². The van der Waals surface area contributed by atoms with Gasteiger partial charge in [0.25, 0.3) is 0 Å². The van der Waals surface area contributed by atoms with E-state index in [0.717, 1.165) is 17.2 Å². The summed E-state index contributed by atoms with van der Waals surface area (Å²) < 4.78 is 10.9. The van der Waals surface area contributed by atoms with Crippen LogP contribution in [-0.4, -0.2) is 19.9 Å². The maximum atomic E-state index is 5.51. The van der Waals surface area contributed by atoms with Crippen molar-refractivity contribution in [2.24, 2.45) is 5.41 Å².